The Morgan fingerprint density at radius 2 is 1.46 bits per heavy atom. The van der Waals surface area contributed by atoms with Crippen LogP contribution in [0.5, 0.6) is 0 Å². The molecular weight excluding hydrogens is 495 g/mol. The number of rotatable bonds is 5. The SMILES string of the molecule is Cc1cnn(-c2ccc(S(C)(=O)=O)cc2C(=O)N2CCN(c3ccc(S(C)(=O)=O)cc3F)CC2)c1. The minimum atomic E-state index is -3.54. The second-order valence-electron chi connectivity index (χ2n) is 8.58. The van der Waals surface area contributed by atoms with Gasteiger partial charge in [0.15, 0.2) is 19.7 Å². The minimum absolute atomic E-state index is 0.0279. The monoisotopic (exact) mass is 520 g/mol. The average Bonchev–Trinajstić information content (AvgIpc) is 3.23. The van der Waals surface area contributed by atoms with Crippen molar-refractivity contribution in [2.24, 2.45) is 0 Å². The molecule has 1 aliphatic rings. The number of carbonyl (C=O) groups is 1. The molecule has 9 nitrogen and oxygen atoms in total. The Kier molecular flexibility index (Phi) is 6.45. The van der Waals surface area contributed by atoms with Crippen LogP contribution in [0.1, 0.15) is 15.9 Å². The van der Waals surface area contributed by atoms with Gasteiger partial charge in [-0.15, -0.1) is 0 Å². The average molecular weight is 521 g/mol. The van der Waals surface area contributed by atoms with Crippen molar-refractivity contribution in [1.29, 1.82) is 0 Å². The van der Waals surface area contributed by atoms with Gasteiger partial charge in [0, 0.05) is 44.9 Å². The molecule has 186 valence electrons. The van der Waals surface area contributed by atoms with Gasteiger partial charge in [0.2, 0.25) is 0 Å². The van der Waals surface area contributed by atoms with Crippen LogP contribution in [0.4, 0.5) is 10.1 Å². The molecule has 35 heavy (non-hydrogen) atoms. The van der Waals surface area contributed by atoms with Crippen LogP contribution >= 0.6 is 0 Å². The first-order valence-corrected chi connectivity index (χ1v) is 14.5. The zero-order valence-electron chi connectivity index (χ0n) is 19.5. The molecule has 0 saturated carbocycles. The molecule has 1 aromatic heterocycles. The second kappa shape index (κ2) is 9.08. The standard InChI is InChI=1S/C23H25FN4O5S2/c1-16-14-25-28(15-16)21-6-4-17(34(2,30)31)12-19(21)23(29)27-10-8-26(9-11-27)22-7-5-18(13-20(22)24)35(3,32)33/h4-7,12-15H,8-11H2,1-3H3. The minimum Gasteiger partial charge on any atom is -0.366 e. The van der Waals surface area contributed by atoms with Gasteiger partial charge < -0.3 is 9.80 Å². The number of aryl methyl sites for hydroxylation is 1. The molecule has 0 spiro atoms. The predicted molar refractivity (Wildman–Crippen MR) is 129 cm³/mol. The summed E-state index contributed by atoms with van der Waals surface area (Å²) in [5.74, 6) is -1.00. The van der Waals surface area contributed by atoms with E-state index in [4.69, 9.17) is 0 Å². The van der Waals surface area contributed by atoms with Crippen molar-refractivity contribution in [2.45, 2.75) is 16.7 Å². The van der Waals surface area contributed by atoms with Gasteiger partial charge in [-0.1, -0.05) is 0 Å². The van der Waals surface area contributed by atoms with Gasteiger partial charge in [0.05, 0.1) is 32.9 Å². The van der Waals surface area contributed by atoms with E-state index in [2.05, 4.69) is 5.10 Å². The lowest BCUT2D eigenvalue weighted by Gasteiger charge is -2.36. The molecule has 0 aliphatic carbocycles. The lowest BCUT2D eigenvalue weighted by molar-refractivity contribution is 0.0746. The molecule has 0 atom stereocenters. The summed E-state index contributed by atoms with van der Waals surface area (Å²) in [6.45, 7) is 3.04. The highest BCUT2D eigenvalue weighted by atomic mass is 32.2. The fourth-order valence-corrected chi connectivity index (χ4v) is 5.24. The molecule has 1 aliphatic heterocycles. The molecule has 2 heterocycles. The third-order valence-corrected chi connectivity index (χ3v) is 8.06. The highest BCUT2D eigenvalue weighted by Gasteiger charge is 2.27. The van der Waals surface area contributed by atoms with Gasteiger partial charge in [0.25, 0.3) is 5.91 Å². The van der Waals surface area contributed by atoms with Gasteiger partial charge in [0.1, 0.15) is 5.82 Å². The van der Waals surface area contributed by atoms with Crippen molar-refractivity contribution in [3.8, 4) is 5.69 Å². The molecule has 1 saturated heterocycles. The second-order valence-corrected chi connectivity index (χ2v) is 12.6. The third kappa shape index (κ3) is 5.22. The highest BCUT2D eigenvalue weighted by Crippen LogP contribution is 2.26. The van der Waals surface area contributed by atoms with E-state index < -0.39 is 25.5 Å². The first-order chi connectivity index (χ1) is 16.3. The van der Waals surface area contributed by atoms with Crippen molar-refractivity contribution in [3.63, 3.8) is 0 Å². The Balaban J connectivity index is 1.59. The van der Waals surface area contributed by atoms with Crippen LogP contribution in [-0.2, 0) is 19.7 Å². The van der Waals surface area contributed by atoms with Crippen molar-refractivity contribution in [2.75, 3.05) is 43.6 Å². The Morgan fingerprint density at radius 3 is 1.97 bits per heavy atom. The van der Waals surface area contributed by atoms with Gasteiger partial charge in [-0.3, -0.25) is 4.79 Å². The molecule has 0 unspecified atom stereocenters. The summed E-state index contributed by atoms with van der Waals surface area (Å²) in [4.78, 5) is 16.7. The number of piperazine rings is 1. The van der Waals surface area contributed by atoms with Crippen LogP contribution in [-0.4, -0.2) is 76.1 Å². The number of carbonyl (C=O) groups excluding carboxylic acids is 1. The third-order valence-electron chi connectivity index (χ3n) is 5.84. The highest BCUT2D eigenvalue weighted by molar-refractivity contribution is 7.91. The van der Waals surface area contributed by atoms with Crippen molar-refractivity contribution in [3.05, 3.63) is 65.7 Å². The molecule has 1 fully saturated rings. The van der Waals surface area contributed by atoms with E-state index in [-0.39, 0.29) is 40.0 Å². The lowest BCUT2D eigenvalue weighted by Crippen LogP contribution is -2.49. The van der Waals surface area contributed by atoms with Crippen molar-refractivity contribution < 1.29 is 26.0 Å². The van der Waals surface area contributed by atoms with Gasteiger partial charge in [-0.25, -0.2) is 25.9 Å². The zero-order chi connectivity index (χ0) is 25.5. The Morgan fingerprint density at radius 1 is 0.886 bits per heavy atom. The summed E-state index contributed by atoms with van der Waals surface area (Å²) >= 11 is 0. The van der Waals surface area contributed by atoms with E-state index in [1.165, 1.54) is 28.9 Å². The lowest BCUT2D eigenvalue weighted by atomic mass is 10.1. The number of benzene rings is 2. The molecule has 1 amide bonds. The van der Waals surface area contributed by atoms with Crippen molar-refractivity contribution >= 4 is 31.3 Å². The first kappa shape index (κ1) is 24.9. The number of hydrogen-bond donors (Lipinski definition) is 0. The number of sulfone groups is 2. The van der Waals surface area contributed by atoms with Gasteiger partial charge in [-0.2, -0.15) is 5.10 Å². The fourth-order valence-electron chi connectivity index (χ4n) is 3.96. The summed E-state index contributed by atoms with van der Waals surface area (Å²) in [6, 6.07) is 8.15. The fraction of sp³-hybridized carbons (Fsp3) is 0.304. The maximum Gasteiger partial charge on any atom is 0.256 e. The summed E-state index contributed by atoms with van der Waals surface area (Å²) in [6.07, 6.45) is 5.48. The Hall–Kier alpha value is -3.25. The Bertz CT molecular complexity index is 1510. The van der Waals surface area contributed by atoms with Gasteiger partial charge >= 0.3 is 0 Å². The number of halogens is 1. The van der Waals surface area contributed by atoms with E-state index >= 15 is 0 Å². The van der Waals surface area contributed by atoms with Crippen LogP contribution in [0.15, 0.2) is 58.6 Å². The molecule has 12 heteroatoms. The first-order valence-electron chi connectivity index (χ1n) is 10.7. The quantitative estimate of drug-likeness (QED) is 0.507. The summed E-state index contributed by atoms with van der Waals surface area (Å²) in [5, 5.41) is 4.26. The number of nitrogens with zero attached hydrogens (tertiary/aromatic N) is 4. The Labute approximate surface area is 203 Å². The van der Waals surface area contributed by atoms with E-state index in [9.17, 15) is 26.0 Å². The predicted octanol–water partition coefficient (Wildman–Crippen LogP) is 2.09. The normalized spacial score (nSPS) is 14.9. The van der Waals surface area contributed by atoms with E-state index in [0.29, 0.717) is 18.8 Å². The zero-order valence-corrected chi connectivity index (χ0v) is 21.1. The number of aromatic nitrogens is 2. The smallest absolute Gasteiger partial charge is 0.256 e. The maximum absolute atomic E-state index is 14.6. The molecule has 3 aromatic rings. The van der Waals surface area contributed by atoms with E-state index in [1.54, 1.807) is 28.3 Å². The summed E-state index contributed by atoms with van der Waals surface area (Å²) in [7, 11) is -7.06. The molecule has 0 bridgehead atoms. The van der Waals surface area contributed by atoms with Crippen molar-refractivity contribution in [1.82, 2.24) is 14.7 Å². The number of amides is 1. The molecule has 0 N–H and O–H groups in total. The molecule has 0 radical (unpaired) electrons. The van der Waals surface area contributed by atoms with Gasteiger partial charge in [-0.05, 0) is 48.9 Å². The van der Waals surface area contributed by atoms with Crippen LogP contribution in [0.25, 0.3) is 5.69 Å². The summed E-state index contributed by atoms with van der Waals surface area (Å²) in [5.41, 5.74) is 1.80. The largest absolute Gasteiger partial charge is 0.366 e. The van der Waals surface area contributed by atoms with Crippen LogP contribution < -0.4 is 4.90 Å². The molecule has 2 aromatic carbocycles. The topological polar surface area (TPSA) is 110 Å². The number of anilines is 1. The van der Waals surface area contributed by atoms with E-state index in [1.807, 2.05) is 6.92 Å². The number of hydrogen-bond acceptors (Lipinski definition) is 7. The summed E-state index contributed by atoms with van der Waals surface area (Å²) < 4.78 is 63.8. The van der Waals surface area contributed by atoms with E-state index in [0.717, 1.165) is 24.1 Å². The molecule has 4 rings (SSSR count). The van der Waals surface area contributed by atoms with Crippen LogP contribution in [0, 0.1) is 12.7 Å². The molecular formula is C23H25FN4O5S2. The van der Waals surface area contributed by atoms with Crippen LogP contribution in [0.3, 0.4) is 0 Å². The maximum atomic E-state index is 14.6. The van der Waals surface area contributed by atoms with Crippen LogP contribution in [0.2, 0.25) is 0 Å².